The standard InChI is InChI=1S/C16H16N2O5S/c1-3-22-12-6-4-11(5-7-12)14(20)8-23-15(21)13-9-24-16(18-13)17-10(2)19/h4-7,9H,3,8H2,1-2H3,(H,17,18,19). The van der Waals surface area contributed by atoms with Crippen LogP contribution in [-0.4, -0.2) is 35.9 Å². The second kappa shape index (κ2) is 8.21. The third-order valence-corrected chi connectivity index (χ3v) is 3.58. The second-order valence-corrected chi connectivity index (χ2v) is 5.53. The quantitative estimate of drug-likeness (QED) is 0.610. The summed E-state index contributed by atoms with van der Waals surface area (Å²) >= 11 is 1.10. The van der Waals surface area contributed by atoms with Gasteiger partial charge in [0.25, 0.3) is 0 Å². The Morgan fingerprint density at radius 3 is 2.54 bits per heavy atom. The van der Waals surface area contributed by atoms with Crippen molar-refractivity contribution in [2.24, 2.45) is 0 Å². The Balaban J connectivity index is 1.89. The van der Waals surface area contributed by atoms with Gasteiger partial charge in [0.15, 0.2) is 23.2 Å². The van der Waals surface area contributed by atoms with Crippen molar-refractivity contribution in [3.05, 3.63) is 40.9 Å². The maximum atomic E-state index is 12.0. The molecule has 0 radical (unpaired) electrons. The Hall–Kier alpha value is -2.74. The number of carbonyl (C=O) groups is 3. The molecule has 0 saturated carbocycles. The van der Waals surface area contributed by atoms with E-state index < -0.39 is 5.97 Å². The van der Waals surface area contributed by atoms with Crippen molar-refractivity contribution >= 4 is 34.1 Å². The van der Waals surface area contributed by atoms with Gasteiger partial charge >= 0.3 is 5.97 Å². The number of hydrogen-bond donors (Lipinski definition) is 1. The lowest BCUT2D eigenvalue weighted by Crippen LogP contribution is -2.14. The molecule has 8 heteroatoms. The van der Waals surface area contributed by atoms with Crippen molar-refractivity contribution in [2.45, 2.75) is 13.8 Å². The Labute approximate surface area is 142 Å². The molecule has 2 rings (SSSR count). The monoisotopic (exact) mass is 348 g/mol. The first-order chi connectivity index (χ1) is 11.5. The van der Waals surface area contributed by atoms with Crippen molar-refractivity contribution in [1.82, 2.24) is 4.98 Å². The molecule has 1 heterocycles. The number of nitrogens with one attached hydrogen (secondary N) is 1. The van der Waals surface area contributed by atoms with Crippen molar-refractivity contribution in [2.75, 3.05) is 18.5 Å². The van der Waals surface area contributed by atoms with Gasteiger partial charge in [0.2, 0.25) is 5.91 Å². The number of benzene rings is 1. The van der Waals surface area contributed by atoms with Crippen LogP contribution in [-0.2, 0) is 9.53 Å². The zero-order valence-corrected chi connectivity index (χ0v) is 14.0. The van der Waals surface area contributed by atoms with E-state index in [1.165, 1.54) is 12.3 Å². The summed E-state index contributed by atoms with van der Waals surface area (Å²) in [5.74, 6) is -0.667. The van der Waals surface area contributed by atoms with E-state index in [2.05, 4.69) is 10.3 Å². The molecule has 0 saturated heterocycles. The highest BCUT2D eigenvalue weighted by Gasteiger charge is 2.15. The van der Waals surface area contributed by atoms with Gasteiger partial charge in [0, 0.05) is 17.9 Å². The number of esters is 1. The van der Waals surface area contributed by atoms with Gasteiger partial charge in [0.05, 0.1) is 6.61 Å². The van der Waals surface area contributed by atoms with Crippen LogP contribution in [0.4, 0.5) is 5.13 Å². The summed E-state index contributed by atoms with van der Waals surface area (Å²) in [6.07, 6.45) is 0. The molecule has 0 aliphatic rings. The van der Waals surface area contributed by atoms with Gasteiger partial charge in [-0.25, -0.2) is 9.78 Å². The lowest BCUT2D eigenvalue weighted by atomic mass is 10.1. The summed E-state index contributed by atoms with van der Waals surface area (Å²) in [6.45, 7) is 3.36. The molecular weight excluding hydrogens is 332 g/mol. The molecule has 1 aromatic heterocycles. The highest BCUT2D eigenvalue weighted by molar-refractivity contribution is 7.14. The third-order valence-electron chi connectivity index (χ3n) is 2.82. The smallest absolute Gasteiger partial charge is 0.358 e. The number of nitrogens with zero attached hydrogens (tertiary/aromatic N) is 1. The number of ketones is 1. The highest BCUT2D eigenvalue weighted by atomic mass is 32.1. The number of thiazole rings is 1. The van der Waals surface area contributed by atoms with Crippen molar-refractivity contribution in [3.8, 4) is 5.75 Å². The van der Waals surface area contributed by atoms with Gasteiger partial charge in [-0.3, -0.25) is 9.59 Å². The molecule has 0 aliphatic carbocycles. The van der Waals surface area contributed by atoms with Crippen LogP contribution in [0.2, 0.25) is 0 Å². The number of aromatic nitrogens is 1. The van der Waals surface area contributed by atoms with Gasteiger partial charge in [-0.1, -0.05) is 0 Å². The van der Waals surface area contributed by atoms with Gasteiger partial charge in [-0.15, -0.1) is 11.3 Å². The van der Waals surface area contributed by atoms with E-state index >= 15 is 0 Å². The fraction of sp³-hybridized carbons (Fsp3) is 0.250. The molecule has 7 nitrogen and oxygen atoms in total. The predicted molar refractivity (Wildman–Crippen MR) is 88.6 cm³/mol. The minimum Gasteiger partial charge on any atom is -0.494 e. The van der Waals surface area contributed by atoms with Crippen LogP contribution in [0.3, 0.4) is 0 Å². The van der Waals surface area contributed by atoms with Crippen LogP contribution >= 0.6 is 11.3 Å². The number of rotatable bonds is 7. The first-order valence-electron chi connectivity index (χ1n) is 7.16. The van der Waals surface area contributed by atoms with E-state index in [0.717, 1.165) is 11.3 Å². The molecule has 126 valence electrons. The Kier molecular flexibility index (Phi) is 6.02. The van der Waals surface area contributed by atoms with E-state index in [0.29, 0.717) is 23.1 Å². The number of amides is 1. The predicted octanol–water partition coefficient (Wildman–Crippen LogP) is 2.54. The normalized spacial score (nSPS) is 10.1. The van der Waals surface area contributed by atoms with Crippen molar-refractivity contribution in [1.29, 1.82) is 0 Å². The maximum absolute atomic E-state index is 12.0. The molecule has 0 unspecified atom stereocenters. The number of carbonyl (C=O) groups excluding carboxylic acids is 3. The first-order valence-corrected chi connectivity index (χ1v) is 8.04. The molecule has 24 heavy (non-hydrogen) atoms. The first kappa shape index (κ1) is 17.6. The van der Waals surface area contributed by atoms with Gasteiger partial charge in [0.1, 0.15) is 5.75 Å². The summed E-state index contributed by atoms with van der Waals surface area (Å²) < 4.78 is 10.2. The van der Waals surface area contributed by atoms with Crippen LogP contribution in [0.15, 0.2) is 29.6 Å². The van der Waals surface area contributed by atoms with E-state index in [-0.39, 0.29) is 24.0 Å². The Morgan fingerprint density at radius 2 is 1.92 bits per heavy atom. The summed E-state index contributed by atoms with van der Waals surface area (Å²) in [5.41, 5.74) is 0.465. The average molecular weight is 348 g/mol. The number of ether oxygens (including phenoxy) is 2. The topological polar surface area (TPSA) is 94.6 Å². The molecule has 2 aromatic rings. The van der Waals surface area contributed by atoms with E-state index in [9.17, 15) is 14.4 Å². The van der Waals surface area contributed by atoms with Crippen molar-refractivity contribution in [3.63, 3.8) is 0 Å². The van der Waals surface area contributed by atoms with E-state index in [4.69, 9.17) is 9.47 Å². The maximum Gasteiger partial charge on any atom is 0.358 e. The number of Topliss-reactive ketones (excluding diaryl/α,β-unsaturated/α-hetero) is 1. The van der Waals surface area contributed by atoms with E-state index in [1.54, 1.807) is 24.3 Å². The molecule has 0 atom stereocenters. The molecule has 0 spiro atoms. The summed E-state index contributed by atoms with van der Waals surface area (Å²) in [7, 11) is 0. The highest BCUT2D eigenvalue weighted by Crippen LogP contribution is 2.16. The molecule has 1 amide bonds. The molecule has 0 fully saturated rings. The summed E-state index contributed by atoms with van der Waals surface area (Å²) in [6, 6.07) is 6.58. The van der Waals surface area contributed by atoms with Crippen LogP contribution in [0.1, 0.15) is 34.7 Å². The second-order valence-electron chi connectivity index (χ2n) is 4.68. The van der Waals surface area contributed by atoms with Crippen LogP contribution in [0.25, 0.3) is 0 Å². The zero-order valence-electron chi connectivity index (χ0n) is 13.2. The van der Waals surface area contributed by atoms with Crippen molar-refractivity contribution < 1.29 is 23.9 Å². The fourth-order valence-electron chi connectivity index (χ4n) is 1.77. The van der Waals surface area contributed by atoms with Gasteiger partial charge in [-0.2, -0.15) is 0 Å². The fourth-order valence-corrected chi connectivity index (χ4v) is 2.49. The SMILES string of the molecule is CCOc1ccc(C(=O)COC(=O)c2csc(NC(C)=O)n2)cc1. The zero-order chi connectivity index (χ0) is 17.5. The minimum atomic E-state index is -0.720. The number of anilines is 1. The molecule has 1 aromatic carbocycles. The molecular formula is C16H16N2O5S. The van der Waals surface area contributed by atoms with Gasteiger partial charge < -0.3 is 14.8 Å². The van der Waals surface area contributed by atoms with Crippen LogP contribution < -0.4 is 10.1 Å². The average Bonchev–Trinajstić information content (AvgIpc) is 3.01. The van der Waals surface area contributed by atoms with Crippen LogP contribution in [0.5, 0.6) is 5.75 Å². The van der Waals surface area contributed by atoms with E-state index in [1.807, 2.05) is 6.92 Å². The number of hydrogen-bond acceptors (Lipinski definition) is 7. The molecule has 0 aliphatic heterocycles. The Bertz CT molecular complexity index is 739. The van der Waals surface area contributed by atoms with Gasteiger partial charge in [-0.05, 0) is 31.2 Å². The van der Waals surface area contributed by atoms with Crippen LogP contribution in [0, 0.1) is 0 Å². The lowest BCUT2D eigenvalue weighted by molar-refractivity contribution is -0.114. The lowest BCUT2D eigenvalue weighted by Gasteiger charge is -2.05. The summed E-state index contributed by atoms with van der Waals surface area (Å²) in [5, 5.41) is 4.22. The molecule has 0 bridgehead atoms. The Morgan fingerprint density at radius 1 is 1.21 bits per heavy atom. The minimum absolute atomic E-state index is 0.0447. The summed E-state index contributed by atoms with van der Waals surface area (Å²) in [4.78, 5) is 38.7. The third kappa shape index (κ3) is 4.88. The largest absolute Gasteiger partial charge is 0.494 e. The molecule has 1 N–H and O–H groups in total.